The van der Waals surface area contributed by atoms with Crippen LogP contribution in [0.15, 0.2) is 29.8 Å². The maximum absolute atomic E-state index is 11.9. The van der Waals surface area contributed by atoms with Crippen molar-refractivity contribution in [3.05, 3.63) is 41.1 Å². The van der Waals surface area contributed by atoms with Gasteiger partial charge in [0.2, 0.25) is 0 Å². The molecule has 0 fully saturated rings. The SMILES string of the molecule is CCOC(=O)C1=C(O)c2c(nc3ccccc3c2N)CC1. The molecule has 21 heavy (non-hydrogen) atoms. The van der Waals surface area contributed by atoms with Gasteiger partial charge in [0, 0.05) is 5.39 Å². The van der Waals surface area contributed by atoms with Gasteiger partial charge in [-0.25, -0.2) is 4.79 Å². The first-order valence-corrected chi connectivity index (χ1v) is 6.90. The molecule has 1 heterocycles. The first-order chi connectivity index (χ1) is 10.1. The Morgan fingerprint density at radius 1 is 1.38 bits per heavy atom. The molecule has 0 spiro atoms. The van der Waals surface area contributed by atoms with Gasteiger partial charge in [-0.2, -0.15) is 0 Å². The van der Waals surface area contributed by atoms with E-state index in [2.05, 4.69) is 4.98 Å². The number of hydrogen-bond acceptors (Lipinski definition) is 5. The van der Waals surface area contributed by atoms with E-state index in [-0.39, 0.29) is 17.9 Å². The van der Waals surface area contributed by atoms with E-state index in [9.17, 15) is 9.90 Å². The number of anilines is 1. The molecule has 0 aliphatic heterocycles. The first-order valence-electron chi connectivity index (χ1n) is 6.90. The van der Waals surface area contributed by atoms with E-state index >= 15 is 0 Å². The van der Waals surface area contributed by atoms with Crippen molar-refractivity contribution in [2.24, 2.45) is 0 Å². The maximum Gasteiger partial charge on any atom is 0.337 e. The van der Waals surface area contributed by atoms with E-state index < -0.39 is 5.97 Å². The Kier molecular flexibility index (Phi) is 3.25. The zero-order valence-electron chi connectivity index (χ0n) is 11.7. The molecule has 1 aromatic heterocycles. The molecule has 0 radical (unpaired) electrons. The Hall–Kier alpha value is -2.56. The Balaban J connectivity index is 2.21. The number of ether oxygens (including phenoxy) is 1. The lowest BCUT2D eigenvalue weighted by molar-refractivity contribution is -0.138. The van der Waals surface area contributed by atoms with Crippen molar-refractivity contribution < 1.29 is 14.6 Å². The fourth-order valence-corrected chi connectivity index (χ4v) is 2.67. The van der Waals surface area contributed by atoms with Crippen LogP contribution in [-0.4, -0.2) is 22.7 Å². The molecule has 2 aromatic rings. The monoisotopic (exact) mass is 284 g/mol. The molecule has 3 rings (SSSR count). The molecule has 0 atom stereocenters. The highest BCUT2D eigenvalue weighted by Gasteiger charge is 2.27. The third kappa shape index (κ3) is 2.11. The standard InChI is InChI=1S/C16H16N2O3/c1-2-21-16(20)10-7-8-12-13(15(10)19)14(17)9-5-3-4-6-11(9)18-12/h3-6,19H,2,7-8H2,1H3,(H2,17,18). The van der Waals surface area contributed by atoms with E-state index in [1.165, 1.54) is 0 Å². The predicted molar refractivity (Wildman–Crippen MR) is 80.7 cm³/mol. The predicted octanol–water partition coefficient (Wildman–Crippen LogP) is 2.60. The largest absolute Gasteiger partial charge is 0.507 e. The van der Waals surface area contributed by atoms with Crippen LogP contribution < -0.4 is 5.73 Å². The third-order valence-electron chi connectivity index (χ3n) is 3.66. The molecular weight excluding hydrogens is 268 g/mol. The molecule has 1 aliphatic rings. The number of aryl methyl sites for hydroxylation is 1. The average molecular weight is 284 g/mol. The van der Waals surface area contributed by atoms with Gasteiger partial charge in [-0.3, -0.25) is 4.98 Å². The van der Waals surface area contributed by atoms with Crippen LogP contribution in [0.5, 0.6) is 0 Å². The molecule has 5 heteroatoms. The summed E-state index contributed by atoms with van der Waals surface area (Å²) < 4.78 is 4.98. The number of esters is 1. The summed E-state index contributed by atoms with van der Waals surface area (Å²) >= 11 is 0. The topological polar surface area (TPSA) is 85.4 Å². The van der Waals surface area contributed by atoms with Crippen molar-refractivity contribution in [2.75, 3.05) is 12.3 Å². The molecule has 1 aliphatic carbocycles. The number of hydrogen-bond donors (Lipinski definition) is 2. The molecule has 1 aromatic carbocycles. The fraction of sp³-hybridized carbons (Fsp3) is 0.250. The van der Waals surface area contributed by atoms with E-state index in [1.54, 1.807) is 6.92 Å². The lowest BCUT2D eigenvalue weighted by atomic mass is 9.91. The number of fused-ring (bicyclic) bond motifs is 2. The summed E-state index contributed by atoms with van der Waals surface area (Å²) in [5.74, 6) is -0.598. The normalized spacial score (nSPS) is 14.1. The summed E-state index contributed by atoms with van der Waals surface area (Å²) in [6, 6.07) is 7.49. The van der Waals surface area contributed by atoms with E-state index in [0.29, 0.717) is 24.1 Å². The van der Waals surface area contributed by atoms with Crippen LogP contribution in [0.1, 0.15) is 24.6 Å². The number of nitrogen functional groups attached to an aromatic ring is 1. The Morgan fingerprint density at radius 2 is 2.14 bits per heavy atom. The van der Waals surface area contributed by atoms with Crippen LogP contribution in [0.25, 0.3) is 16.7 Å². The number of pyridine rings is 1. The molecule has 5 nitrogen and oxygen atoms in total. The molecule has 0 bridgehead atoms. The lowest BCUT2D eigenvalue weighted by Crippen LogP contribution is -2.17. The number of nitrogens with zero attached hydrogens (tertiary/aromatic N) is 1. The van der Waals surface area contributed by atoms with Crippen molar-refractivity contribution in [1.82, 2.24) is 4.98 Å². The van der Waals surface area contributed by atoms with E-state index in [1.807, 2.05) is 24.3 Å². The highest BCUT2D eigenvalue weighted by Crippen LogP contribution is 2.36. The van der Waals surface area contributed by atoms with Gasteiger partial charge in [0.25, 0.3) is 0 Å². The number of aromatic nitrogens is 1. The van der Waals surface area contributed by atoms with Crippen LogP contribution >= 0.6 is 0 Å². The van der Waals surface area contributed by atoms with Crippen LogP contribution in [0.4, 0.5) is 5.69 Å². The molecule has 0 saturated heterocycles. The van der Waals surface area contributed by atoms with Crippen molar-refractivity contribution in [1.29, 1.82) is 0 Å². The summed E-state index contributed by atoms with van der Waals surface area (Å²) in [6.07, 6.45) is 0.963. The number of aliphatic hydroxyl groups excluding tert-OH is 1. The summed E-state index contributed by atoms with van der Waals surface area (Å²) in [4.78, 5) is 16.4. The van der Waals surface area contributed by atoms with Gasteiger partial charge in [-0.15, -0.1) is 0 Å². The number of benzene rings is 1. The molecular formula is C16H16N2O3. The van der Waals surface area contributed by atoms with Crippen molar-refractivity contribution in [3.63, 3.8) is 0 Å². The summed E-state index contributed by atoms with van der Waals surface area (Å²) in [6.45, 7) is 2.00. The van der Waals surface area contributed by atoms with Crippen molar-refractivity contribution in [2.45, 2.75) is 19.8 Å². The van der Waals surface area contributed by atoms with Gasteiger partial charge in [0.1, 0.15) is 5.76 Å². The van der Waals surface area contributed by atoms with Crippen LogP contribution in [0, 0.1) is 0 Å². The minimum atomic E-state index is -0.492. The maximum atomic E-state index is 11.9. The summed E-state index contributed by atoms with van der Waals surface area (Å²) in [5.41, 5.74) is 8.88. The fourth-order valence-electron chi connectivity index (χ4n) is 2.67. The van der Waals surface area contributed by atoms with E-state index in [4.69, 9.17) is 10.5 Å². The highest BCUT2D eigenvalue weighted by molar-refractivity contribution is 6.02. The molecule has 0 amide bonds. The molecule has 108 valence electrons. The number of para-hydroxylation sites is 1. The molecule has 0 unspecified atom stereocenters. The van der Waals surface area contributed by atoms with Gasteiger partial charge in [0.15, 0.2) is 0 Å². The summed E-state index contributed by atoms with van der Waals surface area (Å²) in [7, 11) is 0. The number of carbonyl (C=O) groups is 1. The molecule has 0 saturated carbocycles. The van der Waals surface area contributed by atoms with Gasteiger partial charge in [-0.05, 0) is 25.8 Å². The van der Waals surface area contributed by atoms with Gasteiger partial charge >= 0.3 is 5.97 Å². The summed E-state index contributed by atoms with van der Waals surface area (Å²) in [5, 5.41) is 11.2. The average Bonchev–Trinajstić information content (AvgIpc) is 2.47. The third-order valence-corrected chi connectivity index (χ3v) is 3.66. The zero-order valence-corrected chi connectivity index (χ0v) is 11.7. The Labute approximate surface area is 122 Å². The first kappa shape index (κ1) is 13.4. The zero-order chi connectivity index (χ0) is 15.0. The van der Waals surface area contributed by atoms with Crippen LogP contribution in [0.2, 0.25) is 0 Å². The second-order valence-electron chi connectivity index (χ2n) is 4.91. The van der Waals surface area contributed by atoms with Gasteiger partial charge in [-0.1, -0.05) is 18.2 Å². The van der Waals surface area contributed by atoms with Crippen LogP contribution in [0.3, 0.4) is 0 Å². The number of nitrogens with two attached hydrogens (primary N) is 1. The highest BCUT2D eigenvalue weighted by atomic mass is 16.5. The molecule has 3 N–H and O–H groups in total. The smallest absolute Gasteiger partial charge is 0.337 e. The number of aliphatic hydroxyl groups is 1. The number of rotatable bonds is 2. The van der Waals surface area contributed by atoms with E-state index in [0.717, 1.165) is 16.6 Å². The van der Waals surface area contributed by atoms with Crippen molar-refractivity contribution >= 4 is 28.3 Å². The second-order valence-corrected chi connectivity index (χ2v) is 4.91. The van der Waals surface area contributed by atoms with Gasteiger partial charge in [0.05, 0.1) is 34.6 Å². The van der Waals surface area contributed by atoms with Gasteiger partial charge < -0.3 is 15.6 Å². The Bertz CT molecular complexity index is 765. The lowest BCUT2D eigenvalue weighted by Gasteiger charge is -2.20. The number of carbonyl (C=O) groups excluding carboxylic acids is 1. The van der Waals surface area contributed by atoms with Crippen molar-refractivity contribution in [3.8, 4) is 0 Å². The Morgan fingerprint density at radius 3 is 2.90 bits per heavy atom. The second kappa shape index (κ2) is 5.09. The minimum absolute atomic E-state index is 0.106. The quantitative estimate of drug-likeness (QED) is 0.828. The van der Waals surface area contributed by atoms with Crippen LogP contribution in [-0.2, 0) is 16.0 Å². The minimum Gasteiger partial charge on any atom is -0.507 e.